The number of nitrogens with zero attached hydrogens (tertiary/aromatic N) is 6. The molecule has 6 rings (SSSR count). The fourth-order valence-corrected chi connectivity index (χ4v) is 7.06. The summed E-state index contributed by atoms with van der Waals surface area (Å²) in [6.45, 7) is 2.51. The molecule has 0 radical (unpaired) electrons. The Kier molecular flexibility index (Phi) is 5.71. The Morgan fingerprint density at radius 3 is 2.80 bits per heavy atom. The molecule has 1 aliphatic heterocycles. The number of ketones is 1. The Morgan fingerprint density at radius 2 is 2.06 bits per heavy atom. The number of likely N-dealkylation sites (N-methyl/N-ethyl adjacent to an activating group) is 1. The van der Waals surface area contributed by atoms with Gasteiger partial charge in [-0.2, -0.15) is 5.10 Å². The Labute approximate surface area is 208 Å². The van der Waals surface area contributed by atoms with Crippen LogP contribution in [-0.2, 0) is 16.6 Å². The molecule has 1 saturated heterocycles. The molecule has 8 nitrogen and oxygen atoms in total. The van der Waals surface area contributed by atoms with E-state index < -0.39 is 11.6 Å². The maximum atomic E-state index is 14.1. The van der Waals surface area contributed by atoms with E-state index in [9.17, 15) is 9.18 Å². The first-order valence-corrected chi connectivity index (χ1v) is 13.8. The highest BCUT2D eigenvalue weighted by Crippen LogP contribution is 2.47. The summed E-state index contributed by atoms with van der Waals surface area (Å²) in [4.78, 5) is 24.9. The third kappa shape index (κ3) is 3.55. The molecular formula is C25H31FN6O2S. The number of likely N-dealkylation sites (tertiary alicyclic amines) is 1. The van der Waals surface area contributed by atoms with Gasteiger partial charge in [0.15, 0.2) is 22.9 Å². The standard InChI is InChI=1S/C25H31FN6O2S/c1-14(18-11-15(26)13-31(18)2)32-23-17(12-27-32)24(35-3)29-22(28-23)20-16-7-6-10-25(21(16)34-30-20)9-5-4-8-19(25)33/h12,14-15,18H,4-11,13H2,1-3H3/t14-,15+,18-,25+/m0/s1. The van der Waals surface area contributed by atoms with Crippen molar-refractivity contribution < 1.29 is 13.7 Å². The van der Waals surface area contributed by atoms with Gasteiger partial charge >= 0.3 is 0 Å². The highest BCUT2D eigenvalue weighted by molar-refractivity contribution is 7.98. The van der Waals surface area contributed by atoms with Gasteiger partial charge in [-0.1, -0.05) is 11.6 Å². The fourth-order valence-electron chi connectivity index (χ4n) is 6.52. The van der Waals surface area contributed by atoms with Gasteiger partial charge in [0.1, 0.15) is 17.0 Å². The molecule has 4 atom stereocenters. The van der Waals surface area contributed by atoms with Crippen molar-refractivity contribution in [1.82, 2.24) is 29.8 Å². The lowest BCUT2D eigenvalue weighted by Crippen LogP contribution is -2.41. The molecule has 1 saturated carbocycles. The SMILES string of the molecule is CSc1nc(-c2noc3c2CCC[C@@]32CCCCC2=O)nc2c1cnn2[C@@H](C)[C@@H]1C[C@@H](F)CN1C. The van der Waals surface area contributed by atoms with Gasteiger partial charge < -0.3 is 4.52 Å². The van der Waals surface area contributed by atoms with Crippen molar-refractivity contribution >= 4 is 28.6 Å². The van der Waals surface area contributed by atoms with Crippen LogP contribution >= 0.6 is 11.8 Å². The fraction of sp³-hybridized carbons (Fsp3) is 0.640. The Balaban J connectivity index is 1.45. The van der Waals surface area contributed by atoms with E-state index in [1.807, 2.05) is 18.0 Å². The van der Waals surface area contributed by atoms with Crippen LogP contribution in [0.1, 0.15) is 69.2 Å². The molecule has 0 bridgehead atoms. The van der Waals surface area contributed by atoms with Crippen LogP contribution < -0.4 is 0 Å². The molecule has 3 aliphatic rings. The highest BCUT2D eigenvalue weighted by Gasteiger charge is 2.48. The van der Waals surface area contributed by atoms with Crippen molar-refractivity contribution in [2.45, 2.75) is 87.0 Å². The van der Waals surface area contributed by atoms with E-state index >= 15 is 0 Å². The van der Waals surface area contributed by atoms with Gasteiger partial charge in [-0.15, -0.1) is 11.8 Å². The van der Waals surface area contributed by atoms with Crippen molar-refractivity contribution in [3.63, 3.8) is 0 Å². The Bertz CT molecular complexity index is 1290. The van der Waals surface area contributed by atoms with Crippen LogP contribution in [-0.4, -0.2) is 67.6 Å². The van der Waals surface area contributed by atoms with Crippen LogP contribution in [0, 0.1) is 0 Å². The van der Waals surface area contributed by atoms with E-state index in [2.05, 4.69) is 22.1 Å². The average Bonchev–Trinajstić information content (AvgIpc) is 3.56. The summed E-state index contributed by atoms with van der Waals surface area (Å²) in [5, 5.41) is 10.8. The molecule has 0 N–H and O–H groups in total. The number of Topliss-reactive ketones (excluding diaryl/α,β-unsaturated/α-hetero) is 1. The van der Waals surface area contributed by atoms with E-state index in [1.54, 1.807) is 6.20 Å². The maximum Gasteiger partial charge on any atom is 0.185 e. The zero-order chi connectivity index (χ0) is 24.3. The molecular weight excluding hydrogens is 467 g/mol. The van der Waals surface area contributed by atoms with Crippen LogP contribution in [0.3, 0.4) is 0 Å². The van der Waals surface area contributed by atoms with Gasteiger partial charge in [0, 0.05) is 24.6 Å². The number of fused-ring (bicyclic) bond motifs is 3. The minimum Gasteiger partial charge on any atom is -0.359 e. The first kappa shape index (κ1) is 23.1. The summed E-state index contributed by atoms with van der Waals surface area (Å²) in [5.74, 6) is 1.53. The molecule has 10 heteroatoms. The molecule has 4 heterocycles. The molecule has 0 amide bonds. The van der Waals surface area contributed by atoms with E-state index in [4.69, 9.17) is 14.5 Å². The Hall–Kier alpha value is -2.33. The predicted molar refractivity (Wildman–Crippen MR) is 131 cm³/mol. The molecule has 2 aliphatic carbocycles. The number of rotatable bonds is 4. The molecule has 0 aromatic carbocycles. The van der Waals surface area contributed by atoms with Crippen molar-refractivity contribution in [3.05, 3.63) is 17.5 Å². The zero-order valence-electron chi connectivity index (χ0n) is 20.5. The van der Waals surface area contributed by atoms with Crippen molar-refractivity contribution in [3.8, 4) is 11.5 Å². The third-order valence-electron chi connectivity index (χ3n) is 8.36. The summed E-state index contributed by atoms with van der Waals surface area (Å²) in [6.07, 6.45) is 9.45. The van der Waals surface area contributed by atoms with E-state index in [0.717, 1.165) is 65.9 Å². The second-order valence-electron chi connectivity index (χ2n) is 10.4. The number of hydrogen-bond donors (Lipinski definition) is 0. The van der Waals surface area contributed by atoms with Gasteiger partial charge in [0.25, 0.3) is 0 Å². The van der Waals surface area contributed by atoms with E-state index in [0.29, 0.717) is 30.9 Å². The predicted octanol–water partition coefficient (Wildman–Crippen LogP) is 4.52. The zero-order valence-corrected chi connectivity index (χ0v) is 21.3. The lowest BCUT2D eigenvalue weighted by Gasteiger charge is -2.36. The lowest BCUT2D eigenvalue weighted by atomic mass is 9.64. The third-order valence-corrected chi connectivity index (χ3v) is 9.06. The summed E-state index contributed by atoms with van der Waals surface area (Å²) < 4.78 is 21.9. The van der Waals surface area contributed by atoms with Gasteiger partial charge in [0.05, 0.1) is 23.0 Å². The summed E-state index contributed by atoms with van der Waals surface area (Å²) in [7, 11) is 1.96. The first-order chi connectivity index (χ1) is 16.9. The number of aromatic nitrogens is 5. The summed E-state index contributed by atoms with van der Waals surface area (Å²) >= 11 is 1.54. The maximum absolute atomic E-state index is 14.1. The van der Waals surface area contributed by atoms with Gasteiger partial charge in [0.2, 0.25) is 0 Å². The summed E-state index contributed by atoms with van der Waals surface area (Å²) in [6, 6.07) is -0.00807. The molecule has 3 aromatic heterocycles. The van der Waals surface area contributed by atoms with Crippen molar-refractivity contribution in [2.75, 3.05) is 19.8 Å². The number of thioether (sulfide) groups is 1. The smallest absolute Gasteiger partial charge is 0.185 e. The van der Waals surface area contributed by atoms with Gasteiger partial charge in [-0.05, 0) is 58.8 Å². The number of carbonyl (C=O) groups excluding carboxylic acids is 1. The van der Waals surface area contributed by atoms with Crippen LogP contribution in [0.2, 0.25) is 0 Å². The molecule has 186 valence electrons. The minimum absolute atomic E-state index is 0.0428. The molecule has 35 heavy (non-hydrogen) atoms. The summed E-state index contributed by atoms with van der Waals surface area (Å²) in [5.41, 5.74) is 1.80. The molecule has 3 aromatic rings. The van der Waals surface area contributed by atoms with E-state index in [-0.39, 0.29) is 17.9 Å². The number of hydrogen-bond acceptors (Lipinski definition) is 8. The number of halogens is 1. The quantitative estimate of drug-likeness (QED) is 0.383. The number of alkyl halides is 1. The van der Waals surface area contributed by atoms with Crippen LogP contribution in [0.4, 0.5) is 4.39 Å². The molecule has 0 unspecified atom stereocenters. The Morgan fingerprint density at radius 1 is 1.23 bits per heavy atom. The first-order valence-electron chi connectivity index (χ1n) is 12.6. The van der Waals surface area contributed by atoms with Gasteiger partial charge in [-0.25, -0.2) is 19.0 Å². The normalized spacial score (nSPS) is 28.2. The van der Waals surface area contributed by atoms with Gasteiger partial charge in [-0.3, -0.25) is 9.69 Å². The number of carbonyl (C=O) groups is 1. The lowest BCUT2D eigenvalue weighted by molar-refractivity contribution is -0.128. The highest BCUT2D eigenvalue weighted by atomic mass is 32.2. The van der Waals surface area contributed by atoms with E-state index in [1.165, 1.54) is 11.8 Å². The van der Waals surface area contributed by atoms with Crippen molar-refractivity contribution in [1.29, 1.82) is 0 Å². The minimum atomic E-state index is -0.822. The molecule has 2 fully saturated rings. The van der Waals surface area contributed by atoms with Crippen LogP contribution in [0.25, 0.3) is 22.6 Å². The largest absolute Gasteiger partial charge is 0.359 e. The van der Waals surface area contributed by atoms with Crippen LogP contribution in [0.5, 0.6) is 0 Å². The molecule has 1 spiro atoms. The average molecular weight is 499 g/mol. The monoisotopic (exact) mass is 498 g/mol. The second-order valence-corrected chi connectivity index (χ2v) is 11.2. The topological polar surface area (TPSA) is 89.9 Å². The second kappa shape index (κ2) is 8.65. The van der Waals surface area contributed by atoms with Crippen LogP contribution in [0.15, 0.2) is 15.7 Å². The van der Waals surface area contributed by atoms with Crippen molar-refractivity contribution in [2.24, 2.45) is 0 Å².